The van der Waals surface area contributed by atoms with Gasteiger partial charge < -0.3 is 4.74 Å². The van der Waals surface area contributed by atoms with Crippen LogP contribution in [0.3, 0.4) is 0 Å². The number of rotatable bonds is 9. The zero-order valence-electron chi connectivity index (χ0n) is 9.30. The van der Waals surface area contributed by atoms with Crippen LogP contribution in [0.15, 0.2) is 0 Å². The number of halogens is 1. The fraction of sp³-hybridized carbons (Fsp3) is 1.00. The van der Waals surface area contributed by atoms with Gasteiger partial charge in [-0.2, -0.15) is 0 Å². The van der Waals surface area contributed by atoms with Crippen molar-refractivity contribution in [1.82, 2.24) is 0 Å². The SMILES string of the molecule is CCCCCCCCCC1OC1CI. The molecule has 1 heterocycles. The molecule has 1 rings (SSSR count). The summed E-state index contributed by atoms with van der Waals surface area (Å²) in [7, 11) is 0. The Morgan fingerprint density at radius 2 is 1.57 bits per heavy atom. The van der Waals surface area contributed by atoms with Crippen LogP contribution < -0.4 is 0 Å². The van der Waals surface area contributed by atoms with Crippen molar-refractivity contribution in [3.63, 3.8) is 0 Å². The van der Waals surface area contributed by atoms with Gasteiger partial charge in [-0.25, -0.2) is 0 Å². The maximum absolute atomic E-state index is 5.50. The summed E-state index contributed by atoms with van der Waals surface area (Å²) in [6.45, 7) is 2.27. The van der Waals surface area contributed by atoms with Crippen molar-refractivity contribution in [1.29, 1.82) is 0 Å². The van der Waals surface area contributed by atoms with Crippen LogP contribution in [0.25, 0.3) is 0 Å². The van der Waals surface area contributed by atoms with Crippen LogP contribution in [0, 0.1) is 0 Å². The van der Waals surface area contributed by atoms with Gasteiger partial charge in [-0.3, -0.25) is 0 Å². The van der Waals surface area contributed by atoms with E-state index in [0.717, 1.165) is 0 Å². The molecule has 0 saturated carbocycles. The van der Waals surface area contributed by atoms with Gasteiger partial charge in [0.2, 0.25) is 0 Å². The number of epoxide rings is 1. The van der Waals surface area contributed by atoms with Crippen LogP contribution in [0.1, 0.15) is 58.3 Å². The third-order valence-electron chi connectivity index (χ3n) is 2.93. The van der Waals surface area contributed by atoms with Gasteiger partial charge in [-0.15, -0.1) is 0 Å². The Labute approximate surface area is 102 Å². The van der Waals surface area contributed by atoms with E-state index in [0.29, 0.717) is 12.2 Å². The molecule has 1 nitrogen and oxygen atoms in total. The molecule has 2 heteroatoms. The minimum atomic E-state index is 0.607. The van der Waals surface area contributed by atoms with Crippen molar-refractivity contribution in [2.75, 3.05) is 4.43 Å². The van der Waals surface area contributed by atoms with Crippen molar-refractivity contribution in [3.8, 4) is 0 Å². The summed E-state index contributed by atoms with van der Waals surface area (Å²) < 4.78 is 6.68. The van der Waals surface area contributed by atoms with E-state index < -0.39 is 0 Å². The van der Waals surface area contributed by atoms with Crippen LogP contribution in [0.2, 0.25) is 0 Å². The van der Waals surface area contributed by atoms with Gasteiger partial charge in [0.1, 0.15) is 0 Å². The van der Waals surface area contributed by atoms with Gasteiger partial charge in [0, 0.05) is 4.43 Å². The monoisotopic (exact) mass is 310 g/mol. The van der Waals surface area contributed by atoms with E-state index in [9.17, 15) is 0 Å². The van der Waals surface area contributed by atoms with Crippen LogP contribution in [-0.2, 0) is 4.74 Å². The molecule has 84 valence electrons. The highest BCUT2D eigenvalue weighted by Crippen LogP contribution is 2.28. The zero-order valence-corrected chi connectivity index (χ0v) is 11.5. The summed E-state index contributed by atoms with van der Waals surface area (Å²) in [4.78, 5) is 0. The predicted molar refractivity (Wildman–Crippen MR) is 70.2 cm³/mol. The van der Waals surface area contributed by atoms with Crippen molar-refractivity contribution >= 4 is 22.6 Å². The molecule has 0 radical (unpaired) electrons. The maximum Gasteiger partial charge on any atom is 0.0931 e. The van der Waals surface area contributed by atoms with Crippen molar-refractivity contribution in [2.24, 2.45) is 0 Å². The van der Waals surface area contributed by atoms with Crippen molar-refractivity contribution in [2.45, 2.75) is 70.5 Å². The summed E-state index contributed by atoms with van der Waals surface area (Å²) in [5.41, 5.74) is 0. The lowest BCUT2D eigenvalue weighted by molar-refractivity contribution is 0.367. The molecule has 0 spiro atoms. The lowest BCUT2D eigenvalue weighted by Crippen LogP contribution is -1.94. The normalized spacial score (nSPS) is 25.3. The fourth-order valence-electron chi connectivity index (χ4n) is 1.87. The number of hydrogen-bond donors (Lipinski definition) is 0. The van der Waals surface area contributed by atoms with Crippen LogP contribution in [0.4, 0.5) is 0 Å². The molecule has 2 atom stereocenters. The Bertz CT molecular complexity index is 138. The molecule has 1 saturated heterocycles. The minimum absolute atomic E-state index is 0.607. The number of unbranched alkanes of at least 4 members (excludes halogenated alkanes) is 6. The first kappa shape index (κ1) is 12.8. The molecule has 0 aromatic carbocycles. The van der Waals surface area contributed by atoms with Gasteiger partial charge in [0.25, 0.3) is 0 Å². The highest BCUT2D eigenvalue weighted by molar-refractivity contribution is 14.1. The second-order valence-electron chi connectivity index (χ2n) is 4.28. The molecule has 2 unspecified atom stereocenters. The fourth-order valence-corrected chi connectivity index (χ4v) is 2.65. The zero-order chi connectivity index (χ0) is 10.2. The molecule has 0 aromatic heterocycles. The topological polar surface area (TPSA) is 12.5 Å². The summed E-state index contributed by atoms with van der Waals surface area (Å²) in [5.74, 6) is 0. The van der Waals surface area contributed by atoms with Gasteiger partial charge in [-0.1, -0.05) is 74.5 Å². The highest BCUT2D eigenvalue weighted by Gasteiger charge is 2.36. The predicted octanol–water partition coefficient (Wildman–Crippen LogP) is 4.33. The molecule has 0 amide bonds. The van der Waals surface area contributed by atoms with Gasteiger partial charge in [0.05, 0.1) is 12.2 Å². The summed E-state index contributed by atoms with van der Waals surface area (Å²) in [5, 5.41) is 0. The first-order chi connectivity index (χ1) is 6.88. The largest absolute Gasteiger partial charge is 0.369 e. The van der Waals surface area contributed by atoms with E-state index in [1.807, 2.05) is 0 Å². The Morgan fingerprint density at radius 1 is 0.929 bits per heavy atom. The summed E-state index contributed by atoms with van der Waals surface area (Å²) >= 11 is 2.41. The third-order valence-corrected chi connectivity index (χ3v) is 3.80. The molecular formula is C12H23IO. The lowest BCUT2D eigenvalue weighted by atomic mass is 10.1. The minimum Gasteiger partial charge on any atom is -0.369 e. The first-order valence-electron chi connectivity index (χ1n) is 6.10. The maximum atomic E-state index is 5.50. The molecule has 1 fully saturated rings. The molecule has 1 aliphatic heterocycles. The average molecular weight is 310 g/mol. The smallest absolute Gasteiger partial charge is 0.0931 e. The van der Waals surface area contributed by atoms with Crippen LogP contribution in [-0.4, -0.2) is 16.6 Å². The quantitative estimate of drug-likeness (QED) is 0.267. The lowest BCUT2D eigenvalue weighted by Gasteiger charge is -1.99. The molecular weight excluding hydrogens is 287 g/mol. The van der Waals surface area contributed by atoms with E-state index in [2.05, 4.69) is 29.5 Å². The molecule has 0 bridgehead atoms. The number of alkyl halides is 1. The Kier molecular flexibility index (Phi) is 7.21. The molecule has 0 aliphatic carbocycles. The Balaban J connectivity index is 1.73. The van der Waals surface area contributed by atoms with Gasteiger partial charge >= 0.3 is 0 Å². The molecule has 1 aliphatic rings. The standard InChI is InChI=1S/C12H23IO/c1-2-3-4-5-6-7-8-9-11-12(10-13)14-11/h11-12H,2-10H2,1H3. The van der Waals surface area contributed by atoms with Crippen LogP contribution >= 0.6 is 22.6 Å². The number of ether oxygens (including phenoxy) is 1. The molecule has 0 N–H and O–H groups in total. The van der Waals surface area contributed by atoms with E-state index in [1.54, 1.807) is 0 Å². The van der Waals surface area contributed by atoms with Gasteiger partial charge in [0.15, 0.2) is 0 Å². The summed E-state index contributed by atoms with van der Waals surface area (Å²) in [6.07, 6.45) is 12.4. The first-order valence-corrected chi connectivity index (χ1v) is 7.62. The number of hydrogen-bond acceptors (Lipinski definition) is 1. The second kappa shape index (κ2) is 7.91. The van der Waals surface area contributed by atoms with Crippen LogP contribution in [0.5, 0.6) is 0 Å². The summed E-state index contributed by atoms with van der Waals surface area (Å²) in [6, 6.07) is 0. The van der Waals surface area contributed by atoms with Gasteiger partial charge in [-0.05, 0) is 6.42 Å². The van der Waals surface area contributed by atoms with E-state index in [1.165, 1.54) is 55.8 Å². The van der Waals surface area contributed by atoms with Crippen molar-refractivity contribution in [3.05, 3.63) is 0 Å². The average Bonchev–Trinajstić information content (AvgIpc) is 2.95. The molecule has 14 heavy (non-hydrogen) atoms. The second-order valence-corrected chi connectivity index (χ2v) is 5.16. The molecule has 0 aromatic rings. The highest BCUT2D eigenvalue weighted by atomic mass is 127. The van der Waals surface area contributed by atoms with E-state index in [-0.39, 0.29) is 0 Å². The van der Waals surface area contributed by atoms with E-state index in [4.69, 9.17) is 4.74 Å². The van der Waals surface area contributed by atoms with Crippen molar-refractivity contribution < 1.29 is 4.74 Å². The third kappa shape index (κ3) is 5.54. The van der Waals surface area contributed by atoms with E-state index >= 15 is 0 Å². The Morgan fingerprint density at radius 3 is 2.14 bits per heavy atom. The Hall–Kier alpha value is 0.690.